The summed E-state index contributed by atoms with van der Waals surface area (Å²) in [5.74, 6) is -1.27. The first-order chi connectivity index (χ1) is 8.52. The summed E-state index contributed by atoms with van der Waals surface area (Å²) in [6.45, 7) is 2.53. The van der Waals surface area contributed by atoms with Gasteiger partial charge in [-0.1, -0.05) is 0 Å². The molecule has 100 valence electrons. The van der Waals surface area contributed by atoms with Crippen LogP contribution in [0.15, 0.2) is 0 Å². The van der Waals surface area contributed by atoms with Crippen LogP contribution >= 0.6 is 0 Å². The molecule has 2 fully saturated rings. The van der Waals surface area contributed by atoms with Crippen LogP contribution in [0, 0.1) is 0 Å². The van der Waals surface area contributed by atoms with E-state index < -0.39 is 18.1 Å². The molecule has 0 radical (unpaired) electrons. The Kier molecular flexibility index (Phi) is 3.54. The largest absolute Gasteiger partial charge is 0.480 e. The Morgan fingerprint density at radius 2 is 1.56 bits per heavy atom. The number of aliphatic carboxylic acids is 1. The van der Waals surface area contributed by atoms with E-state index in [-0.39, 0.29) is 11.8 Å². The highest BCUT2D eigenvalue weighted by molar-refractivity contribution is 5.90. The van der Waals surface area contributed by atoms with Crippen molar-refractivity contribution in [1.82, 2.24) is 9.80 Å². The van der Waals surface area contributed by atoms with Crippen LogP contribution < -0.4 is 0 Å². The van der Waals surface area contributed by atoms with Crippen LogP contribution in [-0.2, 0) is 14.4 Å². The van der Waals surface area contributed by atoms with Gasteiger partial charge in [-0.2, -0.15) is 0 Å². The molecular weight excluding hydrogens is 236 g/mol. The molecule has 2 rings (SSSR count). The van der Waals surface area contributed by atoms with Gasteiger partial charge in [0.1, 0.15) is 12.1 Å². The number of rotatable bonds is 2. The van der Waals surface area contributed by atoms with Gasteiger partial charge in [-0.05, 0) is 25.7 Å². The third-order valence-corrected chi connectivity index (χ3v) is 3.76. The average Bonchev–Trinajstić information content (AvgIpc) is 2.97. The highest BCUT2D eigenvalue weighted by Gasteiger charge is 2.41. The van der Waals surface area contributed by atoms with E-state index in [1.807, 2.05) is 0 Å². The second-order valence-corrected chi connectivity index (χ2v) is 4.90. The van der Waals surface area contributed by atoms with Crippen molar-refractivity contribution in [2.24, 2.45) is 0 Å². The van der Waals surface area contributed by atoms with Gasteiger partial charge in [0.25, 0.3) is 0 Å². The Bertz CT molecular complexity index is 348. The van der Waals surface area contributed by atoms with Gasteiger partial charge in [0.2, 0.25) is 11.8 Å². The van der Waals surface area contributed by atoms with Gasteiger partial charge in [-0.25, -0.2) is 4.79 Å². The predicted octanol–water partition coefficient (Wildman–Crippen LogP) is 0.0729. The Hall–Kier alpha value is -1.59. The number of nitrogens with zero attached hydrogens (tertiary/aromatic N) is 2. The molecule has 2 heterocycles. The van der Waals surface area contributed by atoms with E-state index in [1.165, 1.54) is 11.8 Å². The lowest BCUT2D eigenvalue weighted by Crippen LogP contribution is -2.50. The van der Waals surface area contributed by atoms with Crippen LogP contribution in [-0.4, -0.2) is 57.9 Å². The first kappa shape index (κ1) is 12.9. The Morgan fingerprint density at radius 3 is 2.11 bits per heavy atom. The Balaban J connectivity index is 2.11. The molecule has 18 heavy (non-hydrogen) atoms. The molecule has 0 aliphatic carbocycles. The van der Waals surface area contributed by atoms with E-state index in [1.54, 1.807) is 4.90 Å². The molecule has 2 aliphatic heterocycles. The molecule has 0 aromatic carbocycles. The fourth-order valence-corrected chi connectivity index (χ4v) is 2.88. The van der Waals surface area contributed by atoms with Gasteiger partial charge in [0, 0.05) is 20.0 Å². The van der Waals surface area contributed by atoms with E-state index >= 15 is 0 Å². The molecule has 0 bridgehead atoms. The number of hydrogen-bond donors (Lipinski definition) is 1. The van der Waals surface area contributed by atoms with Gasteiger partial charge in [0.15, 0.2) is 0 Å². The van der Waals surface area contributed by atoms with Crippen molar-refractivity contribution >= 4 is 17.8 Å². The number of carbonyl (C=O) groups is 3. The maximum atomic E-state index is 12.3. The maximum Gasteiger partial charge on any atom is 0.326 e. The van der Waals surface area contributed by atoms with Gasteiger partial charge in [0.05, 0.1) is 0 Å². The number of hydrogen-bond acceptors (Lipinski definition) is 3. The van der Waals surface area contributed by atoms with E-state index in [2.05, 4.69) is 0 Å². The smallest absolute Gasteiger partial charge is 0.326 e. The second kappa shape index (κ2) is 4.96. The summed E-state index contributed by atoms with van der Waals surface area (Å²) in [5, 5.41) is 9.08. The maximum absolute atomic E-state index is 12.3. The number of likely N-dealkylation sites (tertiary alicyclic amines) is 2. The molecule has 2 aliphatic rings. The van der Waals surface area contributed by atoms with E-state index in [0.29, 0.717) is 25.9 Å². The average molecular weight is 254 g/mol. The standard InChI is InChI=1S/C12H18N2O4/c1-8(15)13-6-2-4-9(13)11(16)14-7-3-5-10(14)12(17)18/h9-10H,2-7H2,1H3,(H,17,18)/t9?,10-/m0/s1. The molecule has 0 aromatic heterocycles. The first-order valence-electron chi connectivity index (χ1n) is 6.33. The quantitative estimate of drug-likeness (QED) is 0.756. The second-order valence-electron chi connectivity index (χ2n) is 4.90. The van der Waals surface area contributed by atoms with Crippen molar-refractivity contribution in [2.75, 3.05) is 13.1 Å². The lowest BCUT2D eigenvalue weighted by molar-refractivity contribution is -0.151. The number of carboxylic acids is 1. The molecular formula is C12H18N2O4. The van der Waals surface area contributed by atoms with Crippen molar-refractivity contribution < 1.29 is 19.5 Å². The minimum Gasteiger partial charge on any atom is -0.480 e. The monoisotopic (exact) mass is 254 g/mol. The van der Waals surface area contributed by atoms with Crippen molar-refractivity contribution in [3.05, 3.63) is 0 Å². The highest BCUT2D eigenvalue weighted by Crippen LogP contribution is 2.24. The summed E-state index contributed by atoms with van der Waals surface area (Å²) in [6.07, 6.45) is 2.67. The fourth-order valence-electron chi connectivity index (χ4n) is 2.88. The molecule has 2 amide bonds. The normalized spacial score (nSPS) is 27.6. The summed E-state index contributed by atoms with van der Waals surface area (Å²) in [4.78, 5) is 37.8. The fraction of sp³-hybridized carbons (Fsp3) is 0.750. The van der Waals surface area contributed by atoms with Crippen LogP contribution in [0.4, 0.5) is 0 Å². The SMILES string of the molecule is CC(=O)N1CCCC1C(=O)N1CCC[C@H]1C(=O)O. The van der Waals surface area contributed by atoms with Crippen LogP contribution in [0.25, 0.3) is 0 Å². The molecule has 0 spiro atoms. The first-order valence-corrected chi connectivity index (χ1v) is 6.33. The minimum atomic E-state index is -0.951. The molecule has 2 saturated heterocycles. The van der Waals surface area contributed by atoms with Crippen molar-refractivity contribution in [2.45, 2.75) is 44.7 Å². The van der Waals surface area contributed by atoms with Crippen LogP contribution in [0.1, 0.15) is 32.6 Å². The zero-order valence-corrected chi connectivity index (χ0v) is 10.5. The summed E-state index contributed by atoms with van der Waals surface area (Å²) < 4.78 is 0. The molecule has 0 aromatic rings. The van der Waals surface area contributed by atoms with Crippen molar-refractivity contribution in [3.8, 4) is 0 Å². The summed E-state index contributed by atoms with van der Waals surface area (Å²) >= 11 is 0. The summed E-state index contributed by atoms with van der Waals surface area (Å²) in [5.41, 5.74) is 0. The van der Waals surface area contributed by atoms with Gasteiger partial charge >= 0.3 is 5.97 Å². The van der Waals surface area contributed by atoms with Gasteiger partial charge < -0.3 is 14.9 Å². The Labute approximate surface area is 106 Å². The van der Waals surface area contributed by atoms with Gasteiger partial charge in [-0.15, -0.1) is 0 Å². The molecule has 1 unspecified atom stereocenters. The Morgan fingerprint density at radius 1 is 1.00 bits per heavy atom. The van der Waals surface area contributed by atoms with Crippen LogP contribution in [0.3, 0.4) is 0 Å². The zero-order valence-electron chi connectivity index (χ0n) is 10.5. The topological polar surface area (TPSA) is 77.9 Å². The molecule has 0 saturated carbocycles. The number of amides is 2. The summed E-state index contributed by atoms with van der Waals surface area (Å²) in [6, 6.07) is -1.17. The predicted molar refractivity (Wildman–Crippen MR) is 62.8 cm³/mol. The molecule has 6 heteroatoms. The third-order valence-electron chi connectivity index (χ3n) is 3.76. The molecule has 6 nitrogen and oxygen atoms in total. The van der Waals surface area contributed by atoms with Gasteiger partial charge in [-0.3, -0.25) is 9.59 Å². The lowest BCUT2D eigenvalue weighted by atomic mass is 10.1. The number of carboxylic acid groups (broad SMARTS) is 1. The van der Waals surface area contributed by atoms with Crippen LogP contribution in [0.2, 0.25) is 0 Å². The molecule has 2 atom stereocenters. The van der Waals surface area contributed by atoms with E-state index in [0.717, 1.165) is 12.8 Å². The third kappa shape index (κ3) is 2.19. The number of carbonyl (C=O) groups excluding carboxylic acids is 2. The van der Waals surface area contributed by atoms with E-state index in [4.69, 9.17) is 5.11 Å². The van der Waals surface area contributed by atoms with Crippen molar-refractivity contribution in [3.63, 3.8) is 0 Å². The minimum absolute atomic E-state index is 0.114. The zero-order chi connectivity index (χ0) is 13.3. The highest BCUT2D eigenvalue weighted by atomic mass is 16.4. The summed E-state index contributed by atoms with van der Waals surface area (Å²) in [7, 11) is 0. The lowest BCUT2D eigenvalue weighted by Gasteiger charge is -2.29. The van der Waals surface area contributed by atoms with Crippen LogP contribution in [0.5, 0.6) is 0 Å². The molecule has 1 N–H and O–H groups in total. The van der Waals surface area contributed by atoms with Crippen molar-refractivity contribution in [1.29, 1.82) is 0 Å². The van der Waals surface area contributed by atoms with E-state index in [9.17, 15) is 14.4 Å².